The van der Waals surface area contributed by atoms with Crippen LogP contribution in [0.3, 0.4) is 0 Å². The maximum Gasteiger partial charge on any atom is 0.273 e. The summed E-state index contributed by atoms with van der Waals surface area (Å²) in [6.45, 7) is 3.61. The van der Waals surface area contributed by atoms with E-state index in [-0.39, 0.29) is 18.2 Å². The van der Waals surface area contributed by atoms with E-state index >= 15 is 0 Å². The number of nitrogens with zero attached hydrogens (tertiary/aromatic N) is 1. The van der Waals surface area contributed by atoms with Crippen molar-refractivity contribution in [3.8, 4) is 0 Å². The van der Waals surface area contributed by atoms with Crippen molar-refractivity contribution in [2.75, 3.05) is 6.61 Å². The second kappa shape index (κ2) is 5.41. The van der Waals surface area contributed by atoms with Gasteiger partial charge in [0, 0.05) is 28.6 Å². The van der Waals surface area contributed by atoms with Crippen molar-refractivity contribution in [1.82, 2.24) is 0 Å². The molecule has 1 rings (SSSR count). The topological polar surface area (TPSA) is 63.4 Å². The molecule has 0 aromatic heterocycles. The standard InChI is InChI=1S/C11H14BrNO3/c1-3-8-4-11(13(15)16)9(5-10(8)12)7(2)6-14/h4-5,7,14H,3,6H2,1-2H3. The fourth-order valence-corrected chi connectivity index (χ4v) is 2.18. The van der Waals surface area contributed by atoms with Gasteiger partial charge in [-0.1, -0.05) is 29.8 Å². The van der Waals surface area contributed by atoms with Crippen LogP contribution in [-0.2, 0) is 6.42 Å². The number of aliphatic hydroxyl groups is 1. The highest BCUT2D eigenvalue weighted by Crippen LogP contribution is 2.32. The van der Waals surface area contributed by atoms with E-state index in [0.29, 0.717) is 5.56 Å². The first kappa shape index (κ1) is 13.1. The Balaban J connectivity index is 3.36. The van der Waals surface area contributed by atoms with Crippen molar-refractivity contribution >= 4 is 21.6 Å². The van der Waals surface area contributed by atoms with Crippen molar-refractivity contribution < 1.29 is 10.0 Å². The molecule has 0 radical (unpaired) electrons. The number of rotatable bonds is 4. The minimum absolute atomic E-state index is 0.0848. The lowest BCUT2D eigenvalue weighted by atomic mass is 9.98. The summed E-state index contributed by atoms with van der Waals surface area (Å²) in [6, 6.07) is 3.31. The molecule has 0 amide bonds. The zero-order valence-electron chi connectivity index (χ0n) is 9.24. The lowest BCUT2D eigenvalue weighted by molar-refractivity contribution is -0.385. The van der Waals surface area contributed by atoms with Gasteiger partial charge in [-0.15, -0.1) is 0 Å². The minimum Gasteiger partial charge on any atom is -0.396 e. The molecular weight excluding hydrogens is 274 g/mol. The predicted molar refractivity (Wildman–Crippen MR) is 65.7 cm³/mol. The molecule has 4 nitrogen and oxygen atoms in total. The van der Waals surface area contributed by atoms with Gasteiger partial charge >= 0.3 is 0 Å². The molecular formula is C11H14BrNO3. The lowest BCUT2D eigenvalue weighted by Gasteiger charge is -2.11. The van der Waals surface area contributed by atoms with Gasteiger partial charge in [-0.3, -0.25) is 10.1 Å². The van der Waals surface area contributed by atoms with Gasteiger partial charge in [0.25, 0.3) is 5.69 Å². The first-order chi connectivity index (χ1) is 7.51. The van der Waals surface area contributed by atoms with Crippen LogP contribution < -0.4 is 0 Å². The summed E-state index contributed by atoms with van der Waals surface area (Å²) in [5, 5.41) is 20.0. The van der Waals surface area contributed by atoms with E-state index < -0.39 is 4.92 Å². The summed E-state index contributed by atoms with van der Waals surface area (Å²) in [4.78, 5) is 10.5. The van der Waals surface area contributed by atoms with E-state index in [1.165, 1.54) is 0 Å². The first-order valence-electron chi connectivity index (χ1n) is 5.08. The SMILES string of the molecule is CCc1cc([N+](=O)[O-])c(C(C)CO)cc1Br. The van der Waals surface area contributed by atoms with Gasteiger partial charge in [-0.2, -0.15) is 0 Å². The number of nitro benzene ring substituents is 1. The summed E-state index contributed by atoms with van der Waals surface area (Å²) in [7, 11) is 0. The van der Waals surface area contributed by atoms with E-state index in [1.54, 1.807) is 19.1 Å². The minimum atomic E-state index is -0.396. The maximum absolute atomic E-state index is 10.9. The van der Waals surface area contributed by atoms with Crippen LogP contribution in [0, 0.1) is 10.1 Å². The molecule has 5 heteroatoms. The summed E-state index contributed by atoms with van der Waals surface area (Å²) < 4.78 is 0.857. The van der Waals surface area contributed by atoms with Crippen LogP contribution in [0.1, 0.15) is 30.9 Å². The van der Waals surface area contributed by atoms with Crippen LogP contribution in [-0.4, -0.2) is 16.6 Å². The molecule has 1 aromatic rings. The molecule has 0 saturated heterocycles. The lowest BCUT2D eigenvalue weighted by Crippen LogP contribution is -2.04. The fraction of sp³-hybridized carbons (Fsp3) is 0.455. The number of hydrogen-bond donors (Lipinski definition) is 1. The summed E-state index contributed by atoms with van der Waals surface area (Å²) in [6.07, 6.45) is 0.731. The number of aliphatic hydroxyl groups excluding tert-OH is 1. The van der Waals surface area contributed by atoms with Gasteiger partial charge in [0.2, 0.25) is 0 Å². The van der Waals surface area contributed by atoms with Crippen molar-refractivity contribution in [2.24, 2.45) is 0 Å². The van der Waals surface area contributed by atoms with Gasteiger partial charge in [-0.05, 0) is 18.1 Å². The molecule has 0 aliphatic carbocycles. The molecule has 0 bridgehead atoms. The van der Waals surface area contributed by atoms with Crippen LogP contribution >= 0.6 is 15.9 Å². The molecule has 88 valence electrons. The Labute approximate surface area is 103 Å². The van der Waals surface area contributed by atoms with Crippen LogP contribution in [0.15, 0.2) is 16.6 Å². The second-order valence-corrected chi connectivity index (χ2v) is 4.55. The molecule has 0 aliphatic heterocycles. The molecule has 0 heterocycles. The first-order valence-corrected chi connectivity index (χ1v) is 5.88. The Bertz CT molecular complexity index is 406. The van der Waals surface area contributed by atoms with E-state index in [2.05, 4.69) is 15.9 Å². The molecule has 1 aromatic carbocycles. The average molecular weight is 288 g/mol. The highest BCUT2D eigenvalue weighted by atomic mass is 79.9. The normalized spacial score (nSPS) is 12.5. The largest absolute Gasteiger partial charge is 0.396 e. The highest BCUT2D eigenvalue weighted by molar-refractivity contribution is 9.10. The quantitative estimate of drug-likeness (QED) is 0.684. The summed E-state index contributed by atoms with van der Waals surface area (Å²) in [5.41, 5.74) is 1.55. The third kappa shape index (κ3) is 2.59. The van der Waals surface area contributed by atoms with Gasteiger partial charge in [0.15, 0.2) is 0 Å². The Morgan fingerprint density at radius 1 is 1.56 bits per heavy atom. The highest BCUT2D eigenvalue weighted by Gasteiger charge is 2.20. The Hall–Kier alpha value is -0.940. The number of nitro groups is 1. The molecule has 16 heavy (non-hydrogen) atoms. The van der Waals surface area contributed by atoms with Gasteiger partial charge in [0.05, 0.1) is 4.92 Å². The van der Waals surface area contributed by atoms with Crippen molar-refractivity contribution in [2.45, 2.75) is 26.2 Å². The van der Waals surface area contributed by atoms with E-state index in [1.807, 2.05) is 6.92 Å². The van der Waals surface area contributed by atoms with E-state index in [9.17, 15) is 10.1 Å². The molecule has 1 N–H and O–H groups in total. The number of hydrogen-bond acceptors (Lipinski definition) is 3. The maximum atomic E-state index is 10.9. The van der Waals surface area contributed by atoms with Crippen molar-refractivity contribution in [1.29, 1.82) is 0 Å². The zero-order valence-corrected chi connectivity index (χ0v) is 10.8. The Morgan fingerprint density at radius 3 is 2.62 bits per heavy atom. The average Bonchev–Trinajstić information content (AvgIpc) is 2.27. The molecule has 0 fully saturated rings. The Kier molecular flexibility index (Phi) is 4.44. The van der Waals surface area contributed by atoms with Crippen molar-refractivity contribution in [3.05, 3.63) is 37.8 Å². The number of halogens is 1. The van der Waals surface area contributed by atoms with Gasteiger partial charge in [0.1, 0.15) is 0 Å². The number of benzene rings is 1. The van der Waals surface area contributed by atoms with Crippen LogP contribution in [0.2, 0.25) is 0 Å². The predicted octanol–water partition coefficient (Wildman–Crippen LogP) is 3.02. The third-order valence-corrected chi connectivity index (χ3v) is 3.32. The van der Waals surface area contributed by atoms with Gasteiger partial charge < -0.3 is 5.11 Å². The van der Waals surface area contributed by atoms with E-state index in [0.717, 1.165) is 16.5 Å². The molecule has 1 atom stereocenters. The smallest absolute Gasteiger partial charge is 0.273 e. The van der Waals surface area contributed by atoms with Crippen LogP contribution in [0.25, 0.3) is 0 Å². The molecule has 0 aliphatic rings. The Morgan fingerprint density at radius 2 is 2.19 bits per heavy atom. The summed E-state index contributed by atoms with van der Waals surface area (Å²) >= 11 is 3.38. The second-order valence-electron chi connectivity index (χ2n) is 3.70. The van der Waals surface area contributed by atoms with Crippen LogP contribution in [0.4, 0.5) is 5.69 Å². The summed E-state index contributed by atoms with van der Waals surface area (Å²) in [5.74, 6) is -0.234. The molecule has 1 unspecified atom stereocenters. The fourth-order valence-electron chi connectivity index (χ4n) is 1.54. The van der Waals surface area contributed by atoms with Crippen molar-refractivity contribution in [3.63, 3.8) is 0 Å². The van der Waals surface area contributed by atoms with Crippen LogP contribution in [0.5, 0.6) is 0 Å². The van der Waals surface area contributed by atoms with E-state index in [4.69, 9.17) is 5.11 Å². The number of aryl methyl sites for hydroxylation is 1. The molecule has 0 saturated carbocycles. The van der Waals surface area contributed by atoms with Gasteiger partial charge in [-0.25, -0.2) is 0 Å². The zero-order chi connectivity index (χ0) is 12.3. The monoisotopic (exact) mass is 287 g/mol. The molecule has 0 spiro atoms. The third-order valence-electron chi connectivity index (χ3n) is 2.58.